The lowest BCUT2D eigenvalue weighted by molar-refractivity contribution is 0.141. The van der Waals surface area contributed by atoms with Crippen molar-refractivity contribution in [3.8, 4) is 0 Å². The van der Waals surface area contributed by atoms with E-state index in [4.69, 9.17) is 5.84 Å². The van der Waals surface area contributed by atoms with Gasteiger partial charge in [-0.1, -0.05) is 6.42 Å². The summed E-state index contributed by atoms with van der Waals surface area (Å²) in [7, 11) is 0. The topological polar surface area (TPSA) is 41.3 Å². The van der Waals surface area contributed by atoms with Gasteiger partial charge < -0.3 is 5.32 Å². The smallest absolute Gasteiger partial charge is 0.0395 e. The van der Waals surface area contributed by atoms with Crippen LogP contribution in [0.4, 0.5) is 0 Å². The molecule has 0 bridgehead atoms. The van der Waals surface area contributed by atoms with Crippen LogP contribution in [0.15, 0.2) is 0 Å². The minimum atomic E-state index is 0.612. The van der Waals surface area contributed by atoms with Crippen LogP contribution in [0, 0.1) is 0 Å². The lowest BCUT2D eigenvalue weighted by atomic mass is 9.95. The second-order valence-electron chi connectivity index (χ2n) is 4.00. The average Bonchev–Trinajstić information content (AvgIpc) is 2.29. The molecule has 2 atom stereocenters. The van der Waals surface area contributed by atoms with E-state index in [-0.39, 0.29) is 0 Å². The Labute approximate surface area is 74.3 Å². The molecule has 2 rings (SSSR count). The van der Waals surface area contributed by atoms with Crippen LogP contribution < -0.4 is 11.2 Å². The lowest BCUT2D eigenvalue weighted by Crippen LogP contribution is -2.54. The minimum Gasteiger partial charge on any atom is -0.312 e. The lowest BCUT2D eigenvalue weighted by Gasteiger charge is -2.36. The van der Waals surface area contributed by atoms with Crippen LogP contribution in [-0.2, 0) is 0 Å². The summed E-state index contributed by atoms with van der Waals surface area (Å²) in [6, 6.07) is 1.28. The van der Waals surface area contributed by atoms with Gasteiger partial charge in [0.25, 0.3) is 0 Å². The van der Waals surface area contributed by atoms with Crippen LogP contribution in [0.5, 0.6) is 0 Å². The van der Waals surface area contributed by atoms with Crippen molar-refractivity contribution in [2.45, 2.75) is 44.2 Å². The summed E-state index contributed by atoms with van der Waals surface area (Å²) in [5.74, 6) is 5.98. The Morgan fingerprint density at radius 1 is 1.17 bits per heavy atom. The van der Waals surface area contributed by atoms with Crippen molar-refractivity contribution in [1.82, 2.24) is 10.3 Å². The molecule has 0 aromatic rings. The van der Waals surface area contributed by atoms with Crippen molar-refractivity contribution in [3.63, 3.8) is 0 Å². The molecule has 0 spiro atoms. The number of nitrogens with one attached hydrogen (secondary N) is 1. The van der Waals surface area contributed by atoms with Crippen molar-refractivity contribution < 1.29 is 0 Å². The van der Waals surface area contributed by atoms with Crippen LogP contribution in [0.25, 0.3) is 0 Å². The van der Waals surface area contributed by atoms with Crippen molar-refractivity contribution in [3.05, 3.63) is 0 Å². The van der Waals surface area contributed by atoms with Crippen LogP contribution >= 0.6 is 0 Å². The number of rotatable bonds is 0. The highest BCUT2D eigenvalue weighted by molar-refractivity contribution is 4.88. The summed E-state index contributed by atoms with van der Waals surface area (Å²) in [6.45, 7) is 2.28. The van der Waals surface area contributed by atoms with E-state index >= 15 is 0 Å². The zero-order chi connectivity index (χ0) is 8.39. The van der Waals surface area contributed by atoms with E-state index in [9.17, 15) is 0 Å². The predicted molar refractivity (Wildman–Crippen MR) is 49.6 cm³/mol. The molecule has 3 heteroatoms. The maximum absolute atomic E-state index is 5.98. The van der Waals surface area contributed by atoms with Gasteiger partial charge in [-0.3, -0.25) is 5.84 Å². The Morgan fingerprint density at radius 2 is 2.08 bits per heavy atom. The number of nitrogens with zero attached hydrogens (tertiary/aromatic N) is 1. The molecule has 2 fully saturated rings. The SMILES string of the molecule is NN1CCCCC2NCCCC21. The number of piperidine rings is 1. The highest BCUT2D eigenvalue weighted by Gasteiger charge is 2.29. The Balaban J connectivity index is 2.01. The van der Waals surface area contributed by atoms with Gasteiger partial charge in [-0.05, 0) is 32.2 Å². The van der Waals surface area contributed by atoms with Crippen molar-refractivity contribution >= 4 is 0 Å². The summed E-state index contributed by atoms with van der Waals surface area (Å²) in [5, 5.41) is 5.63. The van der Waals surface area contributed by atoms with E-state index in [1.54, 1.807) is 0 Å². The minimum absolute atomic E-state index is 0.612. The van der Waals surface area contributed by atoms with E-state index < -0.39 is 0 Å². The van der Waals surface area contributed by atoms with E-state index in [0.717, 1.165) is 6.54 Å². The molecule has 0 radical (unpaired) electrons. The molecule has 3 nitrogen and oxygen atoms in total. The Hall–Kier alpha value is -0.120. The fraction of sp³-hybridized carbons (Fsp3) is 1.00. The third-order valence-electron chi connectivity index (χ3n) is 3.16. The van der Waals surface area contributed by atoms with Gasteiger partial charge in [-0.15, -0.1) is 0 Å². The van der Waals surface area contributed by atoms with Crippen molar-refractivity contribution in [2.24, 2.45) is 5.84 Å². The zero-order valence-corrected chi connectivity index (χ0v) is 7.63. The number of fused-ring (bicyclic) bond motifs is 1. The summed E-state index contributed by atoms with van der Waals surface area (Å²) >= 11 is 0. The zero-order valence-electron chi connectivity index (χ0n) is 7.63. The van der Waals surface area contributed by atoms with Crippen LogP contribution in [-0.4, -0.2) is 30.2 Å². The number of hydrogen-bond acceptors (Lipinski definition) is 3. The molecule has 0 saturated carbocycles. The van der Waals surface area contributed by atoms with Gasteiger partial charge in [0.1, 0.15) is 0 Å². The summed E-state index contributed by atoms with van der Waals surface area (Å²) in [6.07, 6.45) is 6.49. The third kappa shape index (κ3) is 1.63. The number of hydrazine groups is 1. The molecule has 0 aliphatic carbocycles. The van der Waals surface area contributed by atoms with E-state index in [2.05, 4.69) is 10.3 Å². The monoisotopic (exact) mass is 169 g/mol. The molecule has 2 aliphatic heterocycles. The Bertz CT molecular complexity index is 149. The van der Waals surface area contributed by atoms with E-state index in [0.29, 0.717) is 12.1 Å². The molecule has 2 saturated heterocycles. The second kappa shape index (κ2) is 3.73. The first-order chi connectivity index (χ1) is 5.88. The second-order valence-corrected chi connectivity index (χ2v) is 4.00. The maximum atomic E-state index is 5.98. The number of hydrogen-bond donors (Lipinski definition) is 2. The number of nitrogens with two attached hydrogens (primary N) is 1. The van der Waals surface area contributed by atoms with Gasteiger partial charge in [0.05, 0.1) is 0 Å². The Kier molecular flexibility index (Phi) is 2.63. The average molecular weight is 169 g/mol. The molecule has 2 aliphatic rings. The molecule has 2 unspecified atom stereocenters. The van der Waals surface area contributed by atoms with Crippen molar-refractivity contribution in [2.75, 3.05) is 13.1 Å². The van der Waals surface area contributed by atoms with Crippen molar-refractivity contribution in [1.29, 1.82) is 0 Å². The predicted octanol–water partition coefficient (Wildman–Crippen LogP) is 0.467. The molecular formula is C9H19N3. The normalized spacial score (nSPS) is 38.8. The molecule has 0 amide bonds. The van der Waals surface area contributed by atoms with Gasteiger partial charge in [0.2, 0.25) is 0 Å². The molecule has 0 aromatic carbocycles. The van der Waals surface area contributed by atoms with Gasteiger partial charge in [-0.25, -0.2) is 5.01 Å². The Morgan fingerprint density at radius 3 is 3.00 bits per heavy atom. The standard InChI is InChI=1S/C9H19N3/c10-12-7-2-1-4-8-9(12)5-3-6-11-8/h8-9,11H,1-7,10H2. The highest BCUT2D eigenvalue weighted by atomic mass is 15.4. The summed E-state index contributed by atoms with van der Waals surface area (Å²) in [5.41, 5.74) is 0. The molecule has 3 N–H and O–H groups in total. The molecule has 0 aromatic heterocycles. The van der Waals surface area contributed by atoms with Gasteiger partial charge in [0, 0.05) is 18.6 Å². The van der Waals surface area contributed by atoms with Gasteiger partial charge in [-0.2, -0.15) is 0 Å². The molecule has 2 heterocycles. The first-order valence-corrected chi connectivity index (χ1v) is 5.12. The van der Waals surface area contributed by atoms with Crippen LogP contribution in [0.2, 0.25) is 0 Å². The molecule has 70 valence electrons. The van der Waals surface area contributed by atoms with Crippen LogP contribution in [0.3, 0.4) is 0 Å². The third-order valence-corrected chi connectivity index (χ3v) is 3.16. The molecule has 12 heavy (non-hydrogen) atoms. The fourth-order valence-electron chi connectivity index (χ4n) is 2.45. The first-order valence-electron chi connectivity index (χ1n) is 5.12. The summed E-state index contributed by atoms with van der Waals surface area (Å²) < 4.78 is 0. The first kappa shape index (κ1) is 8.48. The van der Waals surface area contributed by atoms with Crippen LogP contribution in [0.1, 0.15) is 32.1 Å². The molecular weight excluding hydrogens is 150 g/mol. The van der Waals surface area contributed by atoms with E-state index in [1.165, 1.54) is 38.6 Å². The summed E-state index contributed by atoms with van der Waals surface area (Å²) in [4.78, 5) is 0. The highest BCUT2D eigenvalue weighted by Crippen LogP contribution is 2.21. The fourth-order valence-corrected chi connectivity index (χ4v) is 2.45. The van der Waals surface area contributed by atoms with Gasteiger partial charge >= 0.3 is 0 Å². The van der Waals surface area contributed by atoms with E-state index in [1.807, 2.05) is 0 Å². The quantitative estimate of drug-likeness (QED) is 0.518. The largest absolute Gasteiger partial charge is 0.312 e. The van der Waals surface area contributed by atoms with Gasteiger partial charge in [0.15, 0.2) is 0 Å². The maximum Gasteiger partial charge on any atom is 0.0395 e.